The Morgan fingerprint density at radius 1 is 0.547 bits per heavy atom. The fraction of sp³-hybridized carbons (Fsp3) is 0.914. The Labute approximate surface area is 441 Å². The van der Waals surface area contributed by atoms with E-state index in [9.17, 15) is 15.0 Å². The van der Waals surface area contributed by atoms with Crippen LogP contribution >= 0.6 is 0 Å². The van der Waals surface area contributed by atoms with Crippen molar-refractivity contribution >= 4 is 5.97 Å². The molecule has 2 spiro atoms. The summed E-state index contributed by atoms with van der Waals surface area (Å²) in [6.07, 6.45) is 3.58. The molecule has 15 aliphatic heterocycles. The summed E-state index contributed by atoms with van der Waals surface area (Å²) in [4.78, 5) is 14.5. The van der Waals surface area contributed by atoms with Crippen LogP contribution in [0, 0.1) is 23.7 Å². The lowest BCUT2D eigenvalue weighted by Gasteiger charge is -2.50. The van der Waals surface area contributed by atoms with E-state index < -0.39 is 60.4 Å². The number of ether oxygens (including phenoxy) is 14. The van der Waals surface area contributed by atoms with Crippen molar-refractivity contribution in [1.82, 2.24) is 0 Å². The third kappa shape index (κ3) is 9.19. The molecular weight excluding hydrogens is 969 g/mol. The SMILES string of the molecule is C=C1C2C[C@@H]3O[C@H]4C[C@H]5O[C@@]6(C[C@H](O)[C@H]([C@@H](C)CC7C[C@H](C)[C@@H]8O[C@H](C)[C@H](O)CC8O7)O6)C[C@H]5O[C@H]4[C@H](C)[C@H]3OC(=O)C[C@H]3CC[C@@H]4OC5C6O[C@@H]7C[C@](CC[C@H]8CC(=C)[C@H](CC[C@@H](C[C@H]1C)O2)O8)(O[C@H]6[C@H]4O3)O[C@@H]57. The van der Waals surface area contributed by atoms with E-state index in [1.807, 2.05) is 6.92 Å². The van der Waals surface area contributed by atoms with Crippen LogP contribution in [0.2, 0.25) is 0 Å². The predicted molar refractivity (Wildman–Crippen MR) is 264 cm³/mol. The van der Waals surface area contributed by atoms with E-state index in [1.165, 1.54) is 0 Å². The number of carbonyl (C=O) groups excluding carboxylic acids is 1. The molecule has 0 saturated carbocycles. The molecule has 15 saturated heterocycles. The van der Waals surface area contributed by atoms with Gasteiger partial charge in [-0.05, 0) is 93.6 Å². The van der Waals surface area contributed by atoms with Crippen LogP contribution in [0.3, 0.4) is 0 Å². The summed E-state index contributed by atoms with van der Waals surface area (Å²) in [7, 11) is 0. The Kier molecular flexibility index (Phi) is 13.4. The predicted octanol–water partition coefficient (Wildman–Crippen LogP) is 5.84. The number of hydrogen-bond donors (Lipinski definition) is 2. The summed E-state index contributed by atoms with van der Waals surface area (Å²) in [6.45, 7) is 19.7. The number of aliphatic hydroxyl groups excluding tert-OH is 2. The standard InChI is InChI=1S/C58H84O17/c1-25-14-32-8-10-38-26(2)15-34(63-38)12-13-57-24-46-53(74-57)54-55(70-46)56(75-57)52-39(68-54)11-9-33(66-52)18-47(61)71-51-30(6)50-44(67-43(51)20-40(64-32)29(25)5)21-41-45(69-50)23-58(72-41)22-37(60)48(73-58)27(3)16-35-17-28(4)49-42(65-35)19-36(59)31(7)62-49/h25,27-28,30-46,48-56,59-60H,2,5,8-24H2,1,3-4,6-7H3/t25-,27+,28+,30+,31-,32+,33-,34+,35?,36-,37+,38+,39+,40?,41-,42?,43+,44+,45-,46-,48+,49+,50+,51-,52+,53-,54?,55?,56+,57+,58-/m1/s1. The lowest BCUT2D eigenvalue weighted by atomic mass is 9.79. The van der Waals surface area contributed by atoms with E-state index in [0.29, 0.717) is 57.8 Å². The Hall–Kier alpha value is -1.65. The van der Waals surface area contributed by atoms with Crippen molar-refractivity contribution in [3.05, 3.63) is 24.3 Å². The molecule has 17 heteroatoms. The van der Waals surface area contributed by atoms with Gasteiger partial charge < -0.3 is 76.5 Å². The van der Waals surface area contributed by atoms with Crippen LogP contribution in [0.15, 0.2) is 24.3 Å². The van der Waals surface area contributed by atoms with Crippen LogP contribution in [0.5, 0.6) is 0 Å². The van der Waals surface area contributed by atoms with Crippen LogP contribution in [0.4, 0.5) is 0 Å². The second-order valence-electron chi connectivity index (χ2n) is 26.3. The minimum absolute atomic E-state index is 0.0142. The quantitative estimate of drug-likeness (QED) is 0.254. The summed E-state index contributed by atoms with van der Waals surface area (Å²) < 4.78 is 95.4. The van der Waals surface area contributed by atoms with E-state index in [2.05, 4.69) is 40.9 Å². The van der Waals surface area contributed by atoms with Crippen LogP contribution in [0.1, 0.15) is 144 Å². The van der Waals surface area contributed by atoms with E-state index in [0.717, 1.165) is 56.1 Å². The molecule has 0 aliphatic carbocycles. The third-order valence-corrected chi connectivity index (χ3v) is 21.0. The Morgan fingerprint density at radius 3 is 2.15 bits per heavy atom. The largest absolute Gasteiger partial charge is 0.459 e. The molecule has 15 fully saturated rings. The van der Waals surface area contributed by atoms with Crippen LogP contribution < -0.4 is 0 Å². The van der Waals surface area contributed by atoms with Gasteiger partial charge in [0.25, 0.3) is 0 Å². The first kappa shape index (κ1) is 51.5. The molecule has 0 aromatic heterocycles. The monoisotopic (exact) mass is 1050 g/mol. The molecule has 75 heavy (non-hydrogen) atoms. The van der Waals surface area contributed by atoms with E-state index in [-0.39, 0.29) is 140 Å². The van der Waals surface area contributed by atoms with Gasteiger partial charge >= 0.3 is 5.97 Å². The van der Waals surface area contributed by atoms with Gasteiger partial charge in [-0.1, -0.05) is 40.9 Å². The molecule has 17 nitrogen and oxygen atoms in total. The minimum atomic E-state index is -1.00. The Morgan fingerprint density at radius 2 is 1.28 bits per heavy atom. The molecule has 12 bridgehead atoms. The van der Waals surface area contributed by atoms with Gasteiger partial charge in [-0.2, -0.15) is 0 Å². The maximum absolute atomic E-state index is 14.5. The lowest BCUT2D eigenvalue weighted by Crippen LogP contribution is -2.62. The van der Waals surface area contributed by atoms with Crippen molar-refractivity contribution in [2.45, 2.75) is 308 Å². The first-order valence-corrected chi connectivity index (χ1v) is 29.6. The normalized spacial score (nSPS) is 57.6. The zero-order valence-corrected chi connectivity index (χ0v) is 44.7. The van der Waals surface area contributed by atoms with Gasteiger partial charge in [-0.15, -0.1) is 0 Å². The number of hydrogen-bond acceptors (Lipinski definition) is 17. The molecule has 0 radical (unpaired) electrons. The average molecular weight is 1050 g/mol. The first-order chi connectivity index (χ1) is 36.0. The van der Waals surface area contributed by atoms with Crippen molar-refractivity contribution in [3.8, 4) is 0 Å². The zero-order chi connectivity index (χ0) is 51.4. The molecule has 0 aromatic rings. The van der Waals surface area contributed by atoms with Gasteiger partial charge in [-0.25, -0.2) is 0 Å². The molecule has 0 amide bonds. The van der Waals surface area contributed by atoms with E-state index >= 15 is 0 Å². The van der Waals surface area contributed by atoms with Gasteiger partial charge in [0.1, 0.15) is 36.6 Å². The second-order valence-corrected chi connectivity index (χ2v) is 26.3. The molecule has 0 aromatic carbocycles. The number of rotatable bonds is 3. The van der Waals surface area contributed by atoms with Gasteiger partial charge in [0.15, 0.2) is 11.6 Å². The van der Waals surface area contributed by atoms with Crippen LogP contribution in [-0.2, 0) is 71.1 Å². The number of fused-ring (bicyclic) bond motifs is 9. The highest BCUT2D eigenvalue weighted by Gasteiger charge is 2.69. The minimum Gasteiger partial charge on any atom is -0.459 e. The zero-order valence-electron chi connectivity index (χ0n) is 44.7. The second kappa shape index (κ2) is 19.5. The molecule has 31 atom stereocenters. The van der Waals surface area contributed by atoms with Crippen LogP contribution in [0.25, 0.3) is 0 Å². The van der Waals surface area contributed by atoms with Crippen molar-refractivity contribution in [3.63, 3.8) is 0 Å². The van der Waals surface area contributed by atoms with Crippen molar-refractivity contribution in [2.75, 3.05) is 0 Å². The van der Waals surface area contributed by atoms with Gasteiger partial charge in [0.05, 0.1) is 122 Å². The number of aliphatic hydroxyl groups is 2. The number of carbonyl (C=O) groups is 1. The topological polar surface area (TPSA) is 187 Å². The molecule has 418 valence electrons. The van der Waals surface area contributed by atoms with E-state index in [4.69, 9.17) is 66.3 Å². The highest BCUT2D eigenvalue weighted by molar-refractivity contribution is 5.70. The highest BCUT2D eigenvalue weighted by Crippen LogP contribution is 2.56. The Balaban J connectivity index is 0.685. The summed E-state index contributed by atoms with van der Waals surface area (Å²) in [6, 6.07) is 0. The fourth-order valence-corrected chi connectivity index (χ4v) is 17.1. The fourth-order valence-electron chi connectivity index (χ4n) is 17.1. The molecular formula is C58H84O17. The third-order valence-electron chi connectivity index (χ3n) is 21.0. The van der Waals surface area contributed by atoms with Crippen LogP contribution in [-0.4, -0.2) is 180 Å². The average Bonchev–Trinajstić information content (AvgIpc) is 4.13. The summed E-state index contributed by atoms with van der Waals surface area (Å²) >= 11 is 0. The van der Waals surface area contributed by atoms with Crippen molar-refractivity contribution in [1.29, 1.82) is 0 Å². The van der Waals surface area contributed by atoms with Crippen molar-refractivity contribution < 1.29 is 81.3 Å². The highest BCUT2D eigenvalue weighted by atomic mass is 16.8. The summed E-state index contributed by atoms with van der Waals surface area (Å²) in [5, 5.41) is 22.3. The molecule has 2 N–H and O–H groups in total. The molecule has 15 rings (SSSR count). The summed E-state index contributed by atoms with van der Waals surface area (Å²) in [5.74, 6) is -1.92. The maximum atomic E-state index is 14.5. The smallest absolute Gasteiger partial charge is 0.308 e. The van der Waals surface area contributed by atoms with Gasteiger partial charge in [-0.3, -0.25) is 4.79 Å². The van der Waals surface area contributed by atoms with E-state index in [1.54, 1.807) is 0 Å². The van der Waals surface area contributed by atoms with Gasteiger partial charge in [0.2, 0.25) is 0 Å². The molecule has 5 unspecified atom stereocenters. The maximum Gasteiger partial charge on any atom is 0.308 e. The summed E-state index contributed by atoms with van der Waals surface area (Å²) in [5.41, 5.74) is 2.15. The lowest BCUT2D eigenvalue weighted by molar-refractivity contribution is -0.293. The number of esters is 1. The molecule has 15 heterocycles. The first-order valence-electron chi connectivity index (χ1n) is 29.6. The van der Waals surface area contributed by atoms with Gasteiger partial charge in [0, 0.05) is 50.9 Å². The van der Waals surface area contributed by atoms with Crippen molar-refractivity contribution in [2.24, 2.45) is 23.7 Å². The molecule has 15 aliphatic rings. The Bertz CT molecular complexity index is 2180.